The molecule has 0 unspecified atom stereocenters. The van der Waals surface area contributed by atoms with E-state index in [9.17, 15) is 0 Å². The van der Waals surface area contributed by atoms with Gasteiger partial charge >= 0.3 is 0 Å². The number of fused-ring (bicyclic) bond motifs is 3. The zero-order valence-corrected chi connectivity index (χ0v) is 31.6. The molecule has 5 nitrogen and oxygen atoms in total. The minimum atomic E-state index is -0.202. The molecule has 1 aliphatic heterocycles. The number of ether oxygens (including phenoxy) is 1. The second kappa shape index (κ2) is 13.5. The van der Waals surface area contributed by atoms with Crippen LogP contribution in [0, 0.1) is 18.8 Å². The van der Waals surface area contributed by atoms with Crippen molar-refractivity contribution in [1.82, 2.24) is 9.55 Å². The molecule has 8 rings (SSSR count). The summed E-state index contributed by atoms with van der Waals surface area (Å²) in [5.74, 6) is 2.06. The van der Waals surface area contributed by atoms with Crippen molar-refractivity contribution >= 4 is 33.2 Å². The summed E-state index contributed by atoms with van der Waals surface area (Å²) in [6, 6.07) is 49.2. The Morgan fingerprint density at radius 3 is 2.14 bits per heavy atom. The Labute approximate surface area is 315 Å². The molecule has 0 amide bonds. The Bertz CT molecular complexity index is 2350. The van der Waals surface area contributed by atoms with Crippen LogP contribution in [-0.2, 0) is 31.9 Å². The predicted molar refractivity (Wildman–Crippen MR) is 205 cm³/mol. The van der Waals surface area contributed by atoms with Gasteiger partial charge in [0, 0.05) is 55.4 Å². The van der Waals surface area contributed by atoms with E-state index in [2.05, 4.69) is 166 Å². The molecule has 1 aliphatic rings. The SMILES string of the molecule is CC(C)(C)c1ccc(N2C=CN(c3[c-]c(Oc4[c-]c5c(cc4)c4ccccc4n5-c4cc(C(C)(C)c5ccccc5)ccn4)ccc3)[CH-]2)cc1.[Pt]. The Morgan fingerprint density at radius 1 is 0.627 bits per heavy atom. The number of anilines is 2. The van der Waals surface area contributed by atoms with Gasteiger partial charge in [0.1, 0.15) is 5.82 Å². The Balaban J connectivity index is 0.00000406. The fraction of sp³-hybridized carbons (Fsp3) is 0.156. The molecule has 51 heavy (non-hydrogen) atoms. The van der Waals surface area contributed by atoms with Crippen molar-refractivity contribution < 1.29 is 25.8 Å². The first kappa shape index (κ1) is 34.3. The molecule has 0 saturated heterocycles. The zero-order valence-electron chi connectivity index (χ0n) is 29.4. The number of rotatable bonds is 7. The standard InChI is InChI=1S/C45H39N4O.Pt/c1-44(2,3)32-18-20-35(21-19-32)47-26-27-48(31-47)36-14-11-15-37(29-36)50-38-22-23-40-39-16-9-10-17-41(39)49(42(40)30-38)43-28-34(24-25-46-43)45(4,5)33-12-7-6-8-13-33;/h6-28,31H,1-5H3;/q-3;. The fourth-order valence-corrected chi connectivity index (χ4v) is 6.67. The average Bonchev–Trinajstić information content (AvgIpc) is 3.76. The van der Waals surface area contributed by atoms with Crippen molar-refractivity contribution in [3.8, 4) is 17.3 Å². The maximum Gasteiger partial charge on any atom is 0.135 e. The van der Waals surface area contributed by atoms with Gasteiger partial charge < -0.3 is 19.1 Å². The quantitative estimate of drug-likeness (QED) is 0.150. The molecule has 0 spiro atoms. The van der Waals surface area contributed by atoms with Gasteiger partial charge in [0.05, 0.1) is 0 Å². The van der Waals surface area contributed by atoms with Crippen LogP contribution < -0.4 is 14.5 Å². The second-order valence-electron chi connectivity index (χ2n) is 14.4. The molecule has 2 aromatic heterocycles. The number of benzene rings is 5. The molecule has 258 valence electrons. The molecular formula is C45H39N4OPt-3. The van der Waals surface area contributed by atoms with Gasteiger partial charge in [0.15, 0.2) is 0 Å². The van der Waals surface area contributed by atoms with E-state index in [1.165, 1.54) is 16.7 Å². The Hall–Kier alpha value is -5.12. The van der Waals surface area contributed by atoms with Crippen LogP contribution in [0.4, 0.5) is 11.4 Å². The first-order valence-corrected chi connectivity index (χ1v) is 17.0. The van der Waals surface area contributed by atoms with Gasteiger partial charge in [-0.1, -0.05) is 101 Å². The second-order valence-corrected chi connectivity index (χ2v) is 14.4. The average molecular weight is 847 g/mol. The van der Waals surface area contributed by atoms with Crippen LogP contribution in [-0.4, -0.2) is 9.55 Å². The number of nitrogens with zero attached hydrogens (tertiary/aromatic N) is 4. The van der Waals surface area contributed by atoms with Crippen molar-refractivity contribution in [2.24, 2.45) is 0 Å². The predicted octanol–water partition coefficient (Wildman–Crippen LogP) is 11.1. The van der Waals surface area contributed by atoms with Crippen LogP contribution in [0.3, 0.4) is 0 Å². The summed E-state index contributed by atoms with van der Waals surface area (Å²) >= 11 is 0. The Morgan fingerprint density at radius 2 is 1.35 bits per heavy atom. The number of hydrogen-bond acceptors (Lipinski definition) is 4. The van der Waals surface area contributed by atoms with Gasteiger partial charge in [0.25, 0.3) is 0 Å². The molecule has 0 saturated carbocycles. The van der Waals surface area contributed by atoms with E-state index < -0.39 is 0 Å². The molecule has 3 heterocycles. The first-order chi connectivity index (χ1) is 24.1. The third kappa shape index (κ3) is 6.59. The van der Waals surface area contributed by atoms with Crippen molar-refractivity contribution in [3.63, 3.8) is 0 Å². The van der Waals surface area contributed by atoms with Crippen molar-refractivity contribution in [1.29, 1.82) is 0 Å². The number of hydrogen-bond donors (Lipinski definition) is 0. The molecule has 0 radical (unpaired) electrons. The van der Waals surface area contributed by atoms with E-state index in [0.29, 0.717) is 11.5 Å². The number of aromatic nitrogens is 2. The van der Waals surface area contributed by atoms with E-state index >= 15 is 0 Å². The first-order valence-electron chi connectivity index (χ1n) is 17.0. The van der Waals surface area contributed by atoms with Crippen LogP contribution in [0.5, 0.6) is 11.5 Å². The zero-order chi connectivity index (χ0) is 34.5. The molecule has 0 bridgehead atoms. The molecule has 0 fully saturated rings. The number of para-hydroxylation sites is 1. The molecular weight excluding hydrogens is 808 g/mol. The summed E-state index contributed by atoms with van der Waals surface area (Å²) in [5.41, 5.74) is 7.63. The van der Waals surface area contributed by atoms with Crippen molar-refractivity contribution in [2.45, 2.75) is 45.4 Å². The van der Waals surface area contributed by atoms with Crippen LogP contribution in [0.2, 0.25) is 0 Å². The largest absolute Gasteiger partial charge is 0.509 e. The summed E-state index contributed by atoms with van der Waals surface area (Å²) in [6.45, 7) is 13.3. The summed E-state index contributed by atoms with van der Waals surface area (Å²) in [6.07, 6.45) is 5.99. The molecule has 0 N–H and O–H groups in total. The summed E-state index contributed by atoms with van der Waals surface area (Å²) in [7, 11) is 0. The summed E-state index contributed by atoms with van der Waals surface area (Å²) in [5, 5.41) is 2.23. The molecule has 0 aliphatic carbocycles. The minimum absolute atomic E-state index is 0. The monoisotopic (exact) mass is 846 g/mol. The normalized spacial score (nSPS) is 13.2. The summed E-state index contributed by atoms with van der Waals surface area (Å²) in [4.78, 5) is 9.03. The number of pyridine rings is 1. The van der Waals surface area contributed by atoms with Gasteiger partial charge in [0.2, 0.25) is 0 Å². The molecule has 7 aromatic rings. The van der Waals surface area contributed by atoms with E-state index in [4.69, 9.17) is 9.72 Å². The fourth-order valence-electron chi connectivity index (χ4n) is 6.67. The Kier molecular flexibility index (Phi) is 9.12. The summed E-state index contributed by atoms with van der Waals surface area (Å²) < 4.78 is 8.63. The van der Waals surface area contributed by atoms with Crippen LogP contribution >= 0.6 is 0 Å². The van der Waals surface area contributed by atoms with Crippen molar-refractivity contribution in [2.75, 3.05) is 9.80 Å². The van der Waals surface area contributed by atoms with E-state index in [-0.39, 0.29) is 31.9 Å². The van der Waals surface area contributed by atoms with Crippen molar-refractivity contribution in [3.05, 3.63) is 175 Å². The van der Waals surface area contributed by atoms with Gasteiger partial charge in [-0.05, 0) is 70.2 Å². The third-order valence-electron chi connectivity index (χ3n) is 9.67. The van der Waals surface area contributed by atoms with E-state index in [1.54, 1.807) is 0 Å². The smallest absolute Gasteiger partial charge is 0.135 e. The third-order valence-corrected chi connectivity index (χ3v) is 9.67. The molecule has 5 aromatic carbocycles. The van der Waals surface area contributed by atoms with Crippen LogP contribution in [0.25, 0.3) is 27.6 Å². The van der Waals surface area contributed by atoms with Gasteiger partial charge in [-0.3, -0.25) is 0 Å². The maximum absolute atomic E-state index is 6.44. The van der Waals surface area contributed by atoms with Crippen LogP contribution in [0.1, 0.15) is 51.3 Å². The van der Waals surface area contributed by atoms with E-state index in [1.807, 2.05) is 41.6 Å². The topological polar surface area (TPSA) is 33.5 Å². The van der Waals surface area contributed by atoms with E-state index in [0.717, 1.165) is 39.0 Å². The molecule has 6 heteroatoms. The molecule has 0 atom stereocenters. The maximum atomic E-state index is 6.44. The van der Waals surface area contributed by atoms with Gasteiger partial charge in [-0.25, -0.2) is 4.98 Å². The van der Waals surface area contributed by atoms with Gasteiger partial charge in [-0.2, -0.15) is 12.1 Å². The van der Waals surface area contributed by atoms with Gasteiger partial charge in [-0.15, -0.1) is 48.1 Å². The van der Waals surface area contributed by atoms with Crippen LogP contribution in [0.15, 0.2) is 140 Å². The minimum Gasteiger partial charge on any atom is -0.509 e.